The van der Waals surface area contributed by atoms with Crippen LogP contribution in [0.3, 0.4) is 0 Å². The van der Waals surface area contributed by atoms with Gasteiger partial charge in [-0.2, -0.15) is 0 Å². The molecule has 0 aliphatic carbocycles. The van der Waals surface area contributed by atoms with Gasteiger partial charge in [-0.25, -0.2) is 4.79 Å². The summed E-state index contributed by atoms with van der Waals surface area (Å²) in [6.07, 6.45) is 0. The molecule has 3 nitrogen and oxygen atoms in total. The van der Waals surface area contributed by atoms with Gasteiger partial charge in [0.15, 0.2) is 0 Å². The minimum Gasteiger partial charge on any atom is -0.496 e. The Morgan fingerprint density at radius 3 is 2.26 bits per heavy atom. The fraction of sp³-hybridized carbons (Fsp3) is 0.129. The van der Waals surface area contributed by atoms with E-state index >= 15 is 0 Å². The van der Waals surface area contributed by atoms with Crippen LogP contribution in [0.4, 0.5) is 0 Å². The average Bonchev–Trinajstić information content (AvgIpc) is 2.90. The molecule has 5 aromatic rings. The topological polar surface area (TPSA) is 35.5 Å². The van der Waals surface area contributed by atoms with Gasteiger partial charge >= 0.3 is 5.97 Å². The lowest BCUT2D eigenvalue weighted by Gasteiger charge is -2.17. The highest BCUT2D eigenvalue weighted by atomic mass is 16.5. The zero-order valence-electron chi connectivity index (χ0n) is 19.3. The fourth-order valence-corrected chi connectivity index (χ4v) is 4.58. The van der Waals surface area contributed by atoms with Gasteiger partial charge in [0.25, 0.3) is 0 Å². The van der Waals surface area contributed by atoms with Crippen LogP contribution in [0.1, 0.15) is 28.8 Å². The Hall–Kier alpha value is -4.11. The van der Waals surface area contributed by atoms with E-state index in [1.807, 2.05) is 66.7 Å². The van der Waals surface area contributed by atoms with Crippen LogP contribution in [0.15, 0.2) is 103 Å². The Kier molecular flexibility index (Phi) is 6.01. The number of fused-ring (bicyclic) bond motifs is 2. The van der Waals surface area contributed by atoms with Crippen LogP contribution in [-0.2, 0) is 4.74 Å². The summed E-state index contributed by atoms with van der Waals surface area (Å²) in [6.45, 7) is 2.39. The summed E-state index contributed by atoms with van der Waals surface area (Å²) in [5, 5.41) is 4.05. The van der Waals surface area contributed by atoms with E-state index in [0.717, 1.165) is 44.0 Å². The smallest absolute Gasteiger partial charge is 0.338 e. The molecule has 0 spiro atoms. The molecule has 3 heteroatoms. The molecule has 0 N–H and O–H groups in total. The molecule has 0 radical (unpaired) electrons. The highest BCUT2D eigenvalue weighted by Gasteiger charge is 2.20. The second kappa shape index (κ2) is 9.40. The van der Waals surface area contributed by atoms with Crippen LogP contribution in [0.25, 0.3) is 32.7 Å². The monoisotopic (exact) mass is 446 g/mol. The van der Waals surface area contributed by atoms with Gasteiger partial charge in [-0.3, -0.25) is 0 Å². The van der Waals surface area contributed by atoms with Crippen molar-refractivity contribution in [3.8, 4) is 16.9 Å². The van der Waals surface area contributed by atoms with Crippen molar-refractivity contribution in [2.75, 3.05) is 13.7 Å². The second-order valence-corrected chi connectivity index (χ2v) is 8.48. The summed E-state index contributed by atoms with van der Waals surface area (Å²) in [6, 6.07) is 34.3. The minimum atomic E-state index is -0.319. The van der Waals surface area contributed by atoms with Gasteiger partial charge in [0.2, 0.25) is 0 Å². The number of esters is 1. The first-order valence-electron chi connectivity index (χ1n) is 11.5. The first-order chi connectivity index (χ1) is 16.7. The largest absolute Gasteiger partial charge is 0.496 e. The highest BCUT2D eigenvalue weighted by Crippen LogP contribution is 2.41. The molecule has 34 heavy (non-hydrogen) atoms. The average molecular weight is 447 g/mol. The van der Waals surface area contributed by atoms with Gasteiger partial charge in [0, 0.05) is 16.9 Å². The predicted octanol–water partition coefficient (Wildman–Crippen LogP) is 7.63. The Labute approximate surface area is 199 Å². The van der Waals surface area contributed by atoms with Crippen molar-refractivity contribution in [2.45, 2.75) is 12.8 Å². The second-order valence-electron chi connectivity index (χ2n) is 8.48. The van der Waals surface area contributed by atoms with Gasteiger partial charge in [-0.05, 0) is 39.4 Å². The van der Waals surface area contributed by atoms with Crippen molar-refractivity contribution < 1.29 is 14.3 Å². The first kappa shape index (κ1) is 21.7. The maximum atomic E-state index is 13.3. The van der Waals surface area contributed by atoms with Crippen molar-refractivity contribution in [1.29, 1.82) is 0 Å². The Bertz CT molecular complexity index is 1470. The number of rotatable bonds is 6. The van der Waals surface area contributed by atoms with Gasteiger partial charge in [0.1, 0.15) is 5.75 Å². The van der Waals surface area contributed by atoms with E-state index in [4.69, 9.17) is 9.47 Å². The lowest BCUT2D eigenvalue weighted by atomic mass is 9.91. The first-order valence-corrected chi connectivity index (χ1v) is 11.5. The summed E-state index contributed by atoms with van der Waals surface area (Å²) < 4.78 is 11.6. The number of hydrogen-bond donors (Lipinski definition) is 0. The molecule has 0 aliphatic heterocycles. The molecule has 0 aromatic heterocycles. The van der Waals surface area contributed by atoms with Crippen LogP contribution in [0.5, 0.6) is 5.75 Å². The molecule has 5 aromatic carbocycles. The van der Waals surface area contributed by atoms with Crippen LogP contribution < -0.4 is 4.74 Å². The van der Waals surface area contributed by atoms with Gasteiger partial charge in [-0.15, -0.1) is 0 Å². The number of hydrogen-bond acceptors (Lipinski definition) is 3. The van der Waals surface area contributed by atoms with Crippen molar-refractivity contribution in [1.82, 2.24) is 0 Å². The number of carbonyl (C=O) groups excluding carboxylic acids is 1. The van der Waals surface area contributed by atoms with Crippen LogP contribution in [-0.4, -0.2) is 19.7 Å². The SMILES string of the molecule is COc1ccc2ccccc2c1-c1cccc2cccc(C(=O)OC[C@H](C)c3ccccc3)c12. The fourth-order valence-electron chi connectivity index (χ4n) is 4.58. The van der Waals surface area contributed by atoms with E-state index in [-0.39, 0.29) is 11.9 Å². The molecule has 5 rings (SSSR count). The van der Waals surface area contributed by atoms with Crippen LogP contribution >= 0.6 is 0 Å². The maximum Gasteiger partial charge on any atom is 0.338 e. The maximum absolute atomic E-state index is 13.3. The molecular weight excluding hydrogens is 420 g/mol. The van der Waals surface area contributed by atoms with Crippen LogP contribution in [0, 0.1) is 0 Å². The van der Waals surface area contributed by atoms with E-state index in [1.165, 1.54) is 0 Å². The molecule has 1 atom stereocenters. The standard InChI is InChI=1S/C31H26O3/c1-21(22-10-4-3-5-11-22)20-34-31(32)27-17-9-14-24-13-8-16-26(29(24)27)30-25-15-7-6-12-23(25)18-19-28(30)33-2/h3-19,21H,20H2,1-2H3/t21-/m0/s1. The summed E-state index contributed by atoms with van der Waals surface area (Å²) >= 11 is 0. The number of ether oxygens (including phenoxy) is 2. The van der Waals surface area contributed by atoms with E-state index in [0.29, 0.717) is 12.2 Å². The molecule has 0 heterocycles. The molecular formula is C31H26O3. The number of carbonyl (C=O) groups is 1. The Balaban J connectivity index is 1.60. The van der Waals surface area contributed by atoms with Gasteiger partial charge in [0.05, 0.1) is 19.3 Å². The van der Waals surface area contributed by atoms with Crippen molar-refractivity contribution in [3.05, 3.63) is 114 Å². The molecule has 0 saturated carbocycles. The summed E-state index contributed by atoms with van der Waals surface area (Å²) in [7, 11) is 1.68. The Morgan fingerprint density at radius 2 is 1.47 bits per heavy atom. The molecule has 0 bridgehead atoms. The lowest BCUT2D eigenvalue weighted by molar-refractivity contribution is 0.0487. The molecule has 0 aliphatic rings. The summed E-state index contributed by atoms with van der Waals surface area (Å²) in [5.74, 6) is 0.560. The van der Waals surface area contributed by atoms with E-state index in [1.54, 1.807) is 7.11 Å². The normalized spacial score (nSPS) is 11.9. The number of benzene rings is 5. The molecule has 0 unspecified atom stereocenters. The highest BCUT2D eigenvalue weighted by molar-refractivity contribution is 6.14. The van der Waals surface area contributed by atoms with Gasteiger partial charge in [-0.1, -0.05) is 97.9 Å². The predicted molar refractivity (Wildman–Crippen MR) is 139 cm³/mol. The Morgan fingerprint density at radius 1 is 0.765 bits per heavy atom. The van der Waals surface area contributed by atoms with E-state index < -0.39 is 0 Å². The molecule has 0 amide bonds. The molecule has 0 saturated heterocycles. The van der Waals surface area contributed by atoms with Crippen LogP contribution in [0.2, 0.25) is 0 Å². The quantitative estimate of drug-likeness (QED) is 0.252. The number of methoxy groups -OCH3 is 1. The third kappa shape index (κ3) is 4.01. The van der Waals surface area contributed by atoms with Crippen molar-refractivity contribution in [3.63, 3.8) is 0 Å². The van der Waals surface area contributed by atoms with Crippen molar-refractivity contribution >= 4 is 27.5 Å². The summed E-state index contributed by atoms with van der Waals surface area (Å²) in [5.41, 5.74) is 3.64. The molecule has 0 fully saturated rings. The zero-order chi connectivity index (χ0) is 23.5. The van der Waals surface area contributed by atoms with E-state index in [2.05, 4.69) is 43.3 Å². The lowest BCUT2D eigenvalue weighted by Crippen LogP contribution is -2.12. The summed E-state index contributed by atoms with van der Waals surface area (Å²) in [4.78, 5) is 13.3. The molecule has 168 valence electrons. The minimum absolute atomic E-state index is 0.109. The van der Waals surface area contributed by atoms with E-state index in [9.17, 15) is 4.79 Å². The van der Waals surface area contributed by atoms with Gasteiger partial charge < -0.3 is 9.47 Å². The third-order valence-corrected chi connectivity index (χ3v) is 6.34. The third-order valence-electron chi connectivity index (χ3n) is 6.34. The zero-order valence-corrected chi connectivity index (χ0v) is 19.3. The van der Waals surface area contributed by atoms with Crippen molar-refractivity contribution in [2.24, 2.45) is 0 Å².